The topological polar surface area (TPSA) is 86.1 Å². The molecule has 3 heterocycles. The van der Waals surface area contributed by atoms with Crippen LogP contribution in [0.1, 0.15) is 36.1 Å². The Labute approximate surface area is 203 Å². The van der Waals surface area contributed by atoms with Crippen molar-refractivity contribution in [1.82, 2.24) is 25.4 Å². The summed E-state index contributed by atoms with van der Waals surface area (Å²) < 4.78 is 37.4. The summed E-state index contributed by atoms with van der Waals surface area (Å²) in [5, 5.41) is 10.6. The standard InChI is InChI=1S/C25H32F3N7/c1-16(22-6-4-17(11-30-22)34(2)18-14-35(15-18)9-3-8-26)19-5-7-23-21(12-32-33-23)20(19)10-25(29)31-13-24(27)28/h4-7,11-13,16,18,25,31H,3,8-10,14-15,29H2,1-2H3,(H,32,33)/t16-,25-/m0/s1. The van der Waals surface area contributed by atoms with Crippen LogP contribution in [0.25, 0.3) is 10.9 Å². The highest BCUT2D eigenvalue weighted by atomic mass is 19.3. The van der Waals surface area contributed by atoms with Crippen molar-refractivity contribution >= 4 is 16.6 Å². The fraction of sp³-hybridized carbons (Fsp3) is 0.440. The fourth-order valence-corrected chi connectivity index (χ4v) is 4.66. The number of likely N-dealkylation sites (tertiary alicyclic amines) is 1. The molecule has 7 nitrogen and oxygen atoms in total. The summed E-state index contributed by atoms with van der Waals surface area (Å²) in [6.45, 7) is 4.46. The molecule has 0 amide bonds. The van der Waals surface area contributed by atoms with E-state index in [4.69, 9.17) is 10.7 Å². The molecule has 188 valence electrons. The molecule has 4 N–H and O–H groups in total. The minimum atomic E-state index is -1.82. The molecule has 0 bridgehead atoms. The number of pyridine rings is 1. The van der Waals surface area contributed by atoms with Gasteiger partial charge in [0.2, 0.25) is 0 Å². The monoisotopic (exact) mass is 487 g/mol. The van der Waals surface area contributed by atoms with E-state index in [2.05, 4.69) is 45.4 Å². The highest BCUT2D eigenvalue weighted by Crippen LogP contribution is 2.32. The molecule has 2 aromatic heterocycles. The van der Waals surface area contributed by atoms with Crippen LogP contribution in [0.5, 0.6) is 0 Å². The molecular formula is C25H32F3N7. The Hall–Kier alpha value is -3.11. The lowest BCUT2D eigenvalue weighted by Crippen LogP contribution is -2.58. The van der Waals surface area contributed by atoms with E-state index in [1.54, 1.807) is 6.20 Å². The minimum Gasteiger partial charge on any atom is -0.371 e. The van der Waals surface area contributed by atoms with Gasteiger partial charge < -0.3 is 16.0 Å². The van der Waals surface area contributed by atoms with E-state index >= 15 is 0 Å². The Bertz CT molecular complexity index is 1140. The van der Waals surface area contributed by atoms with Gasteiger partial charge >= 0.3 is 0 Å². The molecule has 10 heteroatoms. The van der Waals surface area contributed by atoms with Gasteiger partial charge in [0.25, 0.3) is 6.08 Å². The highest BCUT2D eigenvalue weighted by Gasteiger charge is 2.30. The second-order valence-corrected chi connectivity index (χ2v) is 9.11. The molecule has 1 aromatic carbocycles. The Morgan fingerprint density at radius 1 is 1.29 bits per heavy atom. The molecule has 1 aliphatic rings. The molecule has 0 saturated carbocycles. The Morgan fingerprint density at radius 3 is 2.77 bits per heavy atom. The van der Waals surface area contributed by atoms with Gasteiger partial charge in [-0.1, -0.05) is 13.0 Å². The van der Waals surface area contributed by atoms with E-state index in [-0.39, 0.29) is 12.6 Å². The number of halogens is 3. The van der Waals surface area contributed by atoms with E-state index in [0.29, 0.717) is 25.1 Å². The third-order valence-electron chi connectivity index (χ3n) is 6.78. The third-order valence-corrected chi connectivity index (χ3v) is 6.78. The number of anilines is 1. The van der Waals surface area contributed by atoms with Gasteiger partial charge in [-0.05, 0) is 35.7 Å². The maximum Gasteiger partial charge on any atom is 0.285 e. The fourth-order valence-electron chi connectivity index (χ4n) is 4.66. The molecule has 35 heavy (non-hydrogen) atoms. The summed E-state index contributed by atoms with van der Waals surface area (Å²) >= 11 is 0. The number of likely N-dealkylation sites (N-methyl/N-ethyl adjacent to an activating group) is 1. The number of hydrogen-bond acceptors (Lipinski definition) is 6. The van der Waals surface area contributed by atoms with Crippen LogP contribution in [-0.4, -0.2) is 65.6 Å². The summed E-state index contributed by atoms with van der Waals surface area (Å²) in [6, 6.07) is 8.47. The lowest BCUT2D eigenvalue weighted by molar-refractivity contribution is 0.142. The summed E-state index contributed by atoms with van der Waals surface area (Å²) in [5.41, 5.74) is 10.9. The molecule has 4 rings (SSSR count). The van der Waals surface area contributed by atoms with Crippen LogP contribution in [0, 0.1) is 0 Å². The molecular weight excluding hydrogens is 455 g/mol. The van der Waals surface area contributed by atoms with Crippen LogP contribution in [0.15, 0.2) is 48.9 Å². The second-order valence-electron chi connectivity index (χ2n) is 9.11. The van der Waals surface area contributed by atoms with Crippen molar-refractivity contribution in [2.45, 2.75) is 37.9 Å². The number of nitrogens with two attached hydrogens (primary N) is 1. The first kappa shape index (κ1) is 25.0. The lowest BCUT2D eigenvalue weighted by atomic mass is 9.89. The first-order chi connectivity index (χ1) is 16.9. The van der Waals surface area contributed by atoms with Crippen molar-refractivity contribution in [2.75, 3.05) is 38.3 Å². The number of rotatable bonds is 11. The molecule has 0 unspecified atom stereocenters. The third kappa shape index (κ3) is 5.76. The van der Waals surface area contributed by atoms with Crippen LogP contribution >= 0.6 is 0 Å². The number of aromatic amines is 1. The van der Waals surface area contributed by atoms with Gasteiger partial charge in [-0.3, -0.25) is 19.4 Å². The van der Waals surface area contributed by atoms with Crippen LogP contribution in [0.4, 0.5) is 18.9 Å². The van der Waals surface area contributed by atoms with Crippen molar-refractivity contribution in [3.05, 3.63) is 65.8 Å². The first-order valence-electron chi connectivity index (χ1n) is 11.8. The Balaban J connectivity index is 1.50. The molecule has 2 atom stereocenters. The summed E-state index contributed by atoms with van der Waals surface area (Å²) in [6.07, 6.45) is 2.68. The number of nitrogens with one attached hydrogen (secondary N) is 2. The minimum absolute atomic E-state index is 0.0378. The van der Waals surface area contributed by atoms with Crippen molar-refractivity contribution in [2.24, 2.45) is 5.73 Å². The van der Waals surface area contributed by atoms with E-state index < -0.39 is 12.2 Å². The summed E-state index contributed by atoms with van der Waals surface area (Å²) in [5.74, 6) is -0.0378. The molecule has 1 saturated heterocycles. The predicted octanol–water partition coefficient (Wildman–Crippen LogP) is 3.74. The largest absolute Gasteiger partial charge is 0.371 e. The second kappa shape index (κ2) is 11.1. The maximum atomic E-state index is 12.5. The van der Waals surface area contributed by atoms with Crippen molar-refractivity contribution in [3.63, 3.8) is 0 Å². The van der Waals surface area contributed by atoms with Crippen LogP contribution in [0.3, 0.4) is 0 Å². The number of aromatic nitrogens is 3. The summed E-state index contributed by atoms with van der Waals surface area (Å²) in [7, 11) is 2.06. The number of alkyl halides is 1. The molecule has 1 fully saturated rings. The quantitative estimate of drug-likeness (QED) is 0.357. The number of H-pyrrole nitrogens is 1. The van der Waals surface area contributed by atoms with Gasteiger partial charge in [0.1, 0.15) is 0 Å². The molecule has 0 aliphatic carbocycles. The number of nitrogens with zero attached hydrogens (tertiary/aromatic N) is 4. The molecule has 0 spiro atoms. The maximum absolute atomic E-state index is 12.5. The smallest absolute Gasteiger partial charge is 0.285 e. The van der Waals surface area contributed by atoms with Crippen molar-refractivity contribution in [3.8, 4) is 0 Å². The highest BCUT2D eigenvalue weighted by molar-refractivity contribution is 5.83. The van der Waals surface area contributed by atoms with Gasteiger partial charge in [0.05, 0.1) is 48.7 Å². The zero-order valence-electron chi connectivity index (χ0n) is 20.0. The van der Waals surface area contributed by atoms with E-state index in [0.717, 1.165) is 53.0 Å². The van der Waals surface area contributed by atoms with Gasteiger partial charge in [-0.25, -0.2) is 0 Å². The predicted molar refractivity (Wildman–Crippen MR) is 132 cm³/mol. The lowest BCUT2D eigenvalue weighted by Gasteiger charge is -2.44. The zero-order valence-corrected chi connectivity index (χ0v) is 20.0. The van der Waals surface area contributed by atoms with E-state index in [9.17, 15) is 13.2 Å². The average molecular weight is 488 g/mol. The number of fused-ring (bicyclic) bond motifs is 1. The van der Waals surface area contributed by atoms with Crippen LogP contribution in [0.2, 0.25) is 0 Å². The summed E-state index contributed by atoms with van der Waals surface area (Å²) in [4.78, 5) is 9.23. The zero-order chi connectivity index (χ0) is 24.9. The van der Waals surface area contributed by atoms with E-state index in [1.165, 1.54) is 0 Å². The normalized spacial score (nSPS) is 16.1. The molecule has 1 aliphatic heterocycles. The number of hydrogen-bond donors (Lipinski definition) is 3. The number of benzene rings is 1. The van der Waals surface area contributed by atoms with Crippen LogP contribution in [-0.2, 0) is 6.42 Å². The average Bonchev–Trinajstić information content (AvgIpc) is 3.31. The molecule has 0 radical (unpaired) electrons. The van der Waals surface area contributed by atoms with Crippen molar-refractivity contribution < 1.29 is 13.2 Å². The Morgan fingerprint density at radius 2 is 2.09 bits per heavy atom. The van der Waals surface area contributed by atoms with Gasteiger partial charge in [-0.2, -0.15) is 13.9 Å². The van der Waals surface area contributed by atoms with Gasteiger partial charge in [0, 0.05) is 50.1 Å². The van der Waals surface area contributed by atoms with E-state index in [1.807, 2.05) is 24.4 Å². The van der Waals surface area contributed by atoms with Crippen LogP contribution < -0.4 is 16.0 Å². The Kier molecular flexibility index (Phi) is 7.92. The SMILES string of the molecule is C[C@H](c1ccc(N(C)C2CN(CCCF)C2)cn1)c1ccc2[nH]ncc2c1C[C@@H](N)NC=C(F)F. The first-order valence-corrected chi connectivity index (χ1v) is 11.8. The van der Waals surface area contributed by atoms with Gasteiger partial charge in [0.15, 0.2) is 0 Å². The van der Waals surface area contributed by atoms with Crippen molar-refractivity contribution in [1.29, 1.82) is 0 Å². The molecule has 3 aromatic rings. The van der Waals surface area contributed by atoms with Gasteiger partial charge in [-0.15, -0.1) is 0 Å².